The average Bonchev–Trinajstić information content (AvgIpc) is 2.95. The molecule has 4 aromatic carbocycles. The highest BCUT2D eigenvalue weighted by molar-refractivity contribution is 5.99. The topological polar surface area (TPSA) is 52.7 Å². The summed E-state index contributed by atoms with van der Waals surface area (Å²) in [4.78, 5) is 2.45. The summed E-state index contributed by atoms with van der Waals surface area (Å²) in [6.07, 6.45) is 7.40. The smallest absolute Gasteiger partial charge is 0.0936 e. The van der Waals surface area contributed by atoms with Gasteiger partial charge in [0, 0.05) is 29.5 Å². The van der Waals surface area contributed by atoms with Crippen LogP contribution in [0.2, 0.25) is 0 Å². The van der Waals surface area contributed by atoms with E-state index in [1.165, 1.54) is 43.4 Å². The van der Waals surface area contributed by atoms with Crippen LogP contribution in [0.25, 0.3) is 10.8 Å². The van der Waals surface area contributed by atoms with E-state index in [1.807, 2.05) is 48.5 Å². The Morgan fingerprint density at radius 2 is 1.17 bits per heavy atom. The zero-order valence-corrected chi connectivity index (χ0v) is 21.0. The number of hydrogen-bond donors (Lipinski definition) is 0. The number of benzene rings is 4. The Bertz CT molecular complexity index is 1330. The van der Waals surface area contributed by atoms with Crippen molar-refractivity contribution in [1.82, 2.24) is 0 Å². The zero-order chi connectivity index (χ0) is 24.6. The van der Waals surface area contributed by atoms with Crippen LogP contribution in [0, 0.1) is 0 Å². The largest absolute Gasteiger partial charge is 0.372 e. The molecule has 0 bridgehead atoms. The Labute approximate surface area is 213 Å². The van der Waals surface area contributed by atoms with Gasteiger partial charge in [-0.05, 0) is 86.2 Å². The van der Waals surface area contributed by atoms with Crippen LogP contribution in [0.4, 0.5) is 28.4 Å². The van der Waals surface area contributed by atoms with Crippen molar-refractivity contribution < 1.29 is 0 Å². The second-order valence-electron chi connectivity index (χ2n) is 9.38. The van der Waals surface area contributed by atoms with Crippen molar-refractivity contribution >= 4 is 39.2 Å². The lowest BCUT2D eigenvalue weighted by atomic mass is 10.1. The first kappa shape index (κ1) is 23.9. The lowest BCUT2D eigenvalue weighted by molar-refractivity contribution is 0.578. The quantitative estimate of drug-likeness (QED) is 0.234. The van der Waals surface area contributed by atoms with E-state index in [9.17, 15) is 0 Å². The summed E-state index contributed by atoms with van der Waals surface area (Å²) in [7, 11) is 0. The van der Waals surface area contributed by atoms with Crippen LogP contribution >= 0.6 is 0 Å². The molecule has 1 aliphatic heterocycles. The molecule has 36 heavy (non-hydrogen) atoms. The lowest BCUT2D eigenvalue weighted by Crippen LogP contribution is -2.29. The Morgan fingerprint density at radius 1 is 0.611 bits per heavy atom. The summed E-state index contributed by atoms with van der Waals surface area (Å²) < 4.78 is 0. The highest BCUT2D eigenvalue weighted by Crippen LogP contribution is 2.35. The Balaban J connectivity index is 1.33. The summed E-state index contributed by atoms with van der Waals surface area (Å²) >= 11 is 0. The highest BCUT2D eigenvalue weighted by Gasteiger charge is 2.10. The van der Waals surface area contributed by atoms with E-state index in [0.717, 1.165) is 53.0 Å². The van der Waals surface area contributed by atoms with Crippen LogP contribution in [0.3, 0.4) is 0 Å². The zero-order valence-electron chi connectivity index (χ0n) is 21.0. The van der Waals surface area contributed by atoms with Gasteiger partial charge in [-0.25, -0.2) is 0 Å². The summed E-state index contributed by atoms with van der Waals surface area (Å²) in [6, 6.07) is 28.8. The maximum atomic E-state index is 4.58. The van der Waals surface area contributed by atoms with E-state index in [4.69, 9.17) is 0 Å². The van der Waals surface area contributed by atoms with E-state index >= 15 is 0 Å². The Hall–Kier alpha value is -3.86. The molecule has 0 radical (unpaired) electrons. The lowest BCUT2D eigenvalue weighted by Gasteiger charge is -2.28. The van der Waals surface area contributed by atoms with Crippen LogP contribution in [-0.4, -0.2) is 13.1 Å². The number of anilines is 1. The molecule has 0 spiro atoms. The molecule has 1 saturated heterocycles. The Kier molecular flexibility index (Phi) is 7.76. The Morgan fingerprint density at radius 3 is 1.72 bits per heavy atom. The molecule has 0 amide bonds. The van der Waals surface area contributed by atoms with Crippen LogP contribution in [0.5, 0.6) is 0 Å². The molecule has 1 fully saturated rings. The SMILES string of the molecule is CCCCc1ccc(N=Nc2ccc(N=Nc3ccc(N4CCCCC4)cc3)c3ccccc23)cc1. The maximum absolute atomic E-state index is 4.58. The fourth-order valence-corrected chi connectivity index (χ4v) is 4.66. The molecule has 0 aliphatic carbocycles. The molecule has 4 aromatic rings. The van der Waals surface area contributed by atoms with Crippen molar-refractivity contribution in [3.63, 3.8) is 0 Å². The van der Waals surface area contributed by atoms with E-state index < -0.39 is 0 Å². The van der Waals surface area contributed by atoms with Gasteiger partial charge in [0.25, 0.3) is 0 Å². The van der Waals surface area contributed by atoms with Crippen LogP contribution in [0.15, 0.2) is 105 Å². The van der Waals surface area contributed by atoms with Gasteiger partial charge in [0.05, 0.1) is 22.7 Å². The molecule has 5 nitrogen and oxygen atoms in total. The van der Waals surface area contributed by atoms with Crippen molar-refractivity contribution in [2.45, 2.75) is 45.4 Å². The molecule has 5 heteroatoms. The number of piperidine rings is 1. The van der Waals surface area contributed by atoms with Crippen LogP contribution in [0.1, 0.15) is 44.6 Å². The molecule has 0 N–H and O–H groups in total. The molecule has 0 aromatic heterocycles. The monoisotopic (exact) mass is 475 g/mol. The second kappa shape index (κ2) is 11.7. The van der Waals surface area contributed by atoms with Crippen LogP contribution in [-0.2, 0) is 6.42 Å². The second-order valence-corrected chi connectivity index (χ2v) is 9.38. The van der Waals surface area contributed by atoms with Gasteiger partial charge < -0.3 is 4.90 Å². The van der Waals surface area contributed by atoms with Gasteiger partial charge in [-0.3, -0.25) is 0 Å². The van der Waals surface area contributed by atoms with Gasteiger partial charge in [0.2, 0.25) is 0 Å². The standard InChI is InChI=1S/C31H33N5/c1-2-3-9-24-12-14-25(15-13-24)32-34-30-20-21-31(29-11-6-5-10-28(29)30)35-33-26-16-18-27(19-17-26)36-22-7-4-8-23-36/h5-6,10-21H,2-4,7-9,22-23H2,1H3. The van der Waals surface area contributed by atoms with Gasteiger partial charge >= 0.3 is 0 Å². The molecule has 182 valence electrons. The van der Waals surface area contributed by atoms with Gasteiger partial charge in [0.15, 0.2) is 0 Å². The molecule has 0 unspecified atom stereocenters. The number of azo groups is 2. The summed E-state index contributed by atoms with van der Waals surface area (Å²) in [6.45, 7) is 4.49. The number of nitrogens with zero attached hydrogens (tertiary/aromatic N) is 5. The molecule has 0 atom stereocenters. The van der Waals surface area contributed by atoms with Gasteiger partial charge in [-0.15, -0.1) is 10.2 Å². The fourth-order valence-electron chi connectivity index (χ4n) is 4.66. The third-order valence-electron chi connectivity index (χ3n) is 6.75. The molecule has 1 aliphatic rings. The third-order valence-corrected chi connectivity index (χ3v) is 6.75. The van der Waals surface area contributed by atoms with Crippen molar-refractivity contribution in [1.29, 1.82) is 0 Å². The van der Waals surface area contributed by atoms with Gasteiger partial charge in [-0.2, -0.15) is 10.2 Å². The van der Waals surface area contributed by atoms with E-state index in [2.05, 4.69) is 68.7 Å². The number of rotatable bonds is 8. The minimum Gasteiger partial charge on any atom is -0.372 e. The van der Waals surface area contributed by atoms with Crippen LogP contribution < -0.4 is 4.90 Å². The molecule has 5 rings (SSSR count). The predicted molar refractivity (Wildman–Crippen MR) is 150 cm³/mol. The van der Waals surface area contributed by atoms with Gasteiger partial charge in [-0.1, -0.05) is 49.7 Å². The third kappa shape index (κ3) is 5.85. The fraction of sp³-hybridized carbons (Fsp3) is 0.290. The van der Waals surface area contributed by atoms with Crippen molar-refractivity contribution in [3.8, 4) is 0 Å². The van der Waals surface area contributed by atoms with Crippen molar-refractivity contribution in [3.05, 3.63) is 90.5 Å². The first-order valence-corrected chi connectivity index (χ1v) is 13.1. The number of aryl methyl sites for hydroxylation is 1. The summed E-state index contributed by atoms with van der Waals surface area (Å²) in [5.74, 6) is 0. The maximum Gasteiger partial charge on any atom is 0.0936 e. The minimum absolute atomic E-state index is 0.824. The highest BCUT2D eigenvalue weighted by atomic mass is 15.1. The van der Waals surface area contributed by atoms with E-state index in [1.54, 1.807) is 0 Å². The van der Waals surface area contributed by atoms with E-state index in [-0.39, 0.29) is 0 Å². The number of hydrogen-bond acceptors (Lipinski definition) is 5. The molecule has 1 heterocycles. The van der Waals surface area contributed by atoms with Crippen molar-refractivity contribution in [2.24, 2.45) is 20.5 Å². The average molecular weight is 476 g/mol. The normalized spacial score (nSPS) is 14.3. The van der Waals surface area contributed by atoms with Crippen molar-refractivity contribution in [2.75, 3.05) is 18.0 Å². The molecule has 0 saturated carbocycles. The number of fused-ring (bicyclic) bond motifs is 1. The predicted octanol–water partition coefficient (Wildman–Crippen LogP) is 10.0. The summed E-state index contributed by atoms with van der Waals surface area (Å²) in [5, 5.41) is 20.2. The number of unbranched alkanes of at least 4 members (excludes halogenated alkanes) is 1. The first-order valence-electron chi connectivity index (χ1n) is 13.1. The van der Waals surface area contributed by atoms with E-state index in [0.29, 0.717) is 0 Å². The minimum atomic E-state index is 0.824. The van der Waals surface area contributed by atoms with Gasteiger partial charge in [0.1, 0.15) is 0 Å². The first-order chi connectivity index (χ1) is 17.8. The molecular formula is C31H33N5. The molecular weight excluding hydrogens is 442 g/mol. The summed E-state index contributed by atoms with van der Waals surface area (Å²) in [5.41, 5.74) is 5.97.